The van der Waals surface area contributed by atoms with E-state index in [1.807, 2.05) is 30.3 Å². The monoisotopic (exact) mass is 194 g/mol. The minimum atomic E-state index is -0.996. The number of hydrogen-bond donors (Lipinski definition) is 2. The van der Waals surface area contributed by atoms with Crippen LogP contribution in [0.25, 0.3) is 5.57 Å². The molecule has 0 radical (unpaired) electrons. The van der Waals surface area contributed by atoms with Crippen molar-refractivity contribution in [1.29, 1.82) is 0 Å². The van der Waals surface area contributed by atoms with E-state index >= 15 is 0 Å². The zero-order chi connectivity index (χ0) is 9.84. The first-order valence-electron chi connectivity index (χ1n) is 3.81. The Morgan fingerprint density at radius 1 is 1.31 bits per heavy atom. The smallest absolute Gasteiger partial charge is 0.342 e. The second-order valence-electron chi connectivity index (χ2n) is 2.64. The first-order chi connectivity index (χ1) is 6.13. The number of hydrogen-bond acceptors (Lipinski definition) is 2. The lowest BCUT2D eigenvalue weighted by Crippen LogP contribution is -1.96. The van der Waals surface area contributed by atoms with Crippen LogP contribution in [0.15, 0.2) is 35.2 Å². The van der Waals surface area contributed by atoms with Crippen molar-refractivity contribution in [3.63, 3.8) is 0 Å². The molecule has 0 saturated carbocycles. The summed E-state index contributed by atoms with van der Waals surface area (Å²) in [5.41, 5.74) is 1.56. The topological polar surface area (TPSA) is 37.3 Å². The van der Waals surface area contributed by atoms with Gasteiger partial charge in [-0.25, -0.2) is 4.79 Å². The standard InChI is InChI=1S/C10H10O2S/c1-7(9(13)10(11)12)8-5-3-2-4-6-8/h2-6,13H,1H3,(H,11,12)/b9-7-. The predicted octanol–water partition coefficient (Wildman–Crippen LogP) is 2.43. The molecular weight excluding hydrogens is 184 g/mol. The van der Waals surface area contributed by atoms with Crippen molar-refractivity contribution in [1.82, 2.24) is 0 Å². The SMILES string of the molecule is C/C(=C(/S)C(=O)O)c1ccccc1. The lowest BCUT2D eigenvalue weighted by atomic mass is 10.1. The maximum Gasteiger partial charge on any atom is 0.342 e. The molecule has 0 aliphatic rings. The van der Waals surface area contributed by atoms with Gasteiger partial charge in [0.2, 0.25) is 0 Å². The van der Waals surface area contributed by atoms with Gasteiger partial charge in [0.1, 0.15) is 0 Å². The van der Waals surface area contributed by atoms with Gasteiger partial charge in [-0.3, -0.25) is 0 Å². The number of aliphatic carboxylic acids is 1. The number of thiol groups is 1. The van der Waals surface area contributed by atoms with E-state index in [4.69, 9.17) is 5.11 Å². The maximum absolute atomic E-state index is 10.6. The van der Waals surface area contributed by atoms with E-state index in [1.165, 1.54) is 0 Å². The zero-order valence-electron chi connectivity index (χ0n) is 7.19. The Morgan fingerprint density at radius 3 is 2.31 bits per heavy atom. The molecule has 68 valence electrons. The number of carboxylic acid groups (broad SMARTS) is 1. The first-order valence-corrected chi connectivity index (χ1v) is 4.26. The average molecular weight is 194 g/mol. The van der Waals surface area contributed by atoms with E-state index in [-0.39, 0.29) is 4.91 Å². The molecule has 0 spiro atoms. The summed E-state index contributed by atoms with van der Waals surface area (Å²) in [5.74, 6) is -0.996. The zero-order valence-corrected chi connectivity index (χ0v) is 8.08. The summed E-state index contributed by atoms with van der Waals surface area (Å²) < 4.78 is 0. The van der Waals surface area contributed by atoms with Crippen LogP contribution in [0.4, 0.5) is 0 Å². The number of allylic oxidation sites excluding steroid dienone is 1. The molecule has 0 bridgehead atoms. The predicted molar refractivity (Wildman–Crippen MR) is 55.7 cm³/mol. The fourth-order valence-electron chi connectivity index (χ4n) is 0.985. The van der Waals surface area contributed by atoms with Crippen molar-refractivity contribution in [2.75, 3.05) is 0 Å². The summed E-state index contributed by atoms with van der Waals surface area (Å²) in [6.45, 7) is 1.74. The van der Waals surface area contributed by atoms with E-state index in [0.29, 0.717) is 5.57 Å². The molecule has 1 N–H and O–H groups in total. The molecular formula is C10H10O2S. The summed E-state index contributed by atoms with van der Waals surface area (Å²) in [7, 11) is 0. The quantitative estimate of drug-likeness (QED) is 0.560. The Bertz CT molecular complexity index is 341. The Morgan fingerprint density at radius 2 is 1.85 bits per heavy atom. The highest BCUT2D eigenvalue weighted by Crippen LogP contribution is 2.19. The molecule has 0 amide bonds. The van der Waals surface area contributed by atoms with Crippen molar-refractivity contribution in [3.8, 4) is 0 Å². The summed E-state index contributed by atoms with van der Waals surface area (Å²) in [4.78, 5) is 10.7. The molecule has 0 aliphatic heterocycles. The van der Waals surface area contributed by atoms with Gasteiger partial charge in [-0.1, -0.05) is 30.3 Å². The highest BCUT2D eigenvalue weighted by Gasteiger charge is 2.07. The van der Waals surface area contributed by atoms with Crippen LogP contribution in [0, 0.1) is 0 Å². The molecule has 1 aromatic carbocycles. The van der Waals surface area contributed by atoms with E-state index < -0.39 is 5.97 Å². The molecule has 1 aromatic rings. The summed E-state index contributed by atoms with van der Waals surface area (Å²) in [6.07, 6.45) is 0. The van der Waals surface area contributed by atoms with Crippen LogP contribution in [0.2, 0.25) is 0 Å². The van der Waals surface area contributed by atoms with Crippen LogP contribution in [-0.2, 0) is 4.79 Å². The number of rotatable bonds is 2. The summed E-state index contributed by atoms with van der Waals surface area (Å²) in [6, 6.07) is 9.32. The fourth-order valence-corrected chi connectivity index (χ4v) is 1.11. The van der Waals surface area contributed by atoms with Crippen molar-refractivity contribution in [2.24, 2.45) is 0 Å². The van der Waals surface area contributed by atoms with Gasteiger partial charge in [0.15, 0.2) is 0 Å². The van der Waals surface area contributed by atoms with Gasteiger partial charge < -0.3 is 5.11 Å². The normalized spacial score (nSPS) is 12.2. The van der Waals surface area contributed by atoms with E-state index in [2.05, 4.69) is 12.6 Å². The second-order valence-corrected chi connectivity index (χ2v) is 3.09. The fraction of sp³-hybridized carbons (Fsp3) is 0.100. The molecule has 0 fully saturated rings. The maximum atomic E-state index is 10.6. The minimum Gasteiger partial charge on any atom is -0.477 e. The van der Waals surface area contributed by atoms with Crippen molar-refractivity contribution in [3.05, 3.63) is 40.8 Å². The number of carbonyl (C=O) groups is 1. The Balaban J connectivity index is 3.11. The van der Waals surface area contributed by atoms with Gasteiger partial charge in [-0.2, -0.15) is 0 Å². The molecule has 0 aromatic heterocycles. The van der Waals surface area contributed by atoms with E-state index in [0.717, 1.165) is 5.56 Å². The van der Waals surface area contributed by atoms with Crippen LogP contribution in [-0.4, -0.2) is 11.1 Å². The molecule has 0 atom stereocenters. The molecule has 0 saturated heterocycles. The Hall–Kier alpha value is -1.22. The van der Waals surface area contributed by atoms with Crippen molar-refractivity contribution >= 4 is 24.2 Å². The van der Waals surface area contributed by atoms with Crippen LogP contribution < -0.4 is 0 Å². The van der Waals surface area contributed by atoms with Gasteiger partial charge >= 0.3 is 5.97 Å². The molecule has 2 nitrogen and oxygen atoms in total. The minimum absolute atomic E-state index is 0.0891. The average Bonchev–Trinajstić information content (AvgIpc) is 2.17. The summed E-state index contributed by atoms with van der Waals surface area (Å²) in [5, 5.41) is 8.68. The second kappa shape index (κ2) is 4.14. The lowest BCUT2D eigenvalue weighted by molar-refractivity contribution is -0.131. The van der Waals surface area contributed by atoms with Gasteiger partial charge in [0.25, 0.3) is 0 Å². The van der Waals surface area contributed by atoms with Gasteiger partial charge in [-0.15, -0.1) is 12.6 Å². The van der Waals surface area contributed by atoms with E-state index in [9.17, 15) is 4.79 Å². The van der Waals surface area contributed by atoms with Crippen LogP contribution >= 0.6 is 12.6 Å². The lowest BCUT2D eigenvalue weighted by Gasteiger charge is -2.02. The van der Waals surface area contributed by atoms with Crippen LogP contribution in [0.5, 0.6) is 0 Å². The molecule has 0 heterocycles. The molecule has 3 heteroatoms. The van der Waals surface area contributed by atoms with Crippen molar-refractivity contribution in [2.45, 2.75) is 6.92 Å². The number of benzene rings is 1. The third kappa shape index (κ3) is 2.36. The third-order valence-electron chi connectivity index (χ3n) is 1.76. The van der Waals surface area contributed by atoms with Gasteiger partial charge in [-0.05, 0) is 18.1 Å². The highest BCUT2D eigenvalue weighted by molar-refractivity contribution is 7.85. The van der Waals surface area contributed by atoms with Crippen molar-refractivity contribution < 1.29 is 9.90 Å². The van der Waals surface area contributed by atoms with Gasteiger partial charge in [0.05, 0.1) is 4.91 Å². The summed E-state index contributed by atoms with van der Waals surface area (Å²) >= 11 is 3.91. The number of carboxylic acids is 1. The van der Waals surface area contributed by atoms with Crippen LogP contribution in [0.1, 0.15) is 12.5 Å². The van der Waals surface area contributed by atoms with Gasteiger partial charge in [0, 0.05) is 0 Å². The third-order valence-corrected chi connectivity index (χ3v) is 2.29. The molecule has 0 unspecified atom stereocenters. The Kier molecular flexibility index (Phi) is 3.14. The molecule has 1 rings (SSSR count). The first kappa shape index (κ1) is 9.86. The molecule has 0 aliphatic carbocycles. The highest BCUT2D eigenvalue weighted by atomic mass is 32.1. The molecule has 13 heavy (non-hydrogen) atoms. The largest absolute Gasteiger partial charge is 0.477 e. The van der Waals surface area contributed by atoms with E-state index in [1.54, 1.807) is 6.92 Å². The van der Waals surface area contributed by atoms with Crippen LogP contribution in [0.3, 0.4) is 0 Å². The Labute approximate surface area is 82.3 Å².